The molecule has 1 aliphatic rings. The summed E-state index contributed by atoms with van der Waals surface area (Å²) in [5.74, 6) is -1.12. The quantitative estimate of drug-likeness (QED) is 0.822. The molecule has 0 spiro atoms. The minimum atomic E-state index is -1.10. The van der Waals surface area contributed by atoms with Crippen molar-refractivity contribution in [3.8, 4) is 5.75 Å². The first-order chi connectivity index (χ1) is 9.06. The lowest BCUT2D eigenvalue weighted by molar-refractivity contribution is -0.137. The highest BCUT2D eigenvalue weighted by Crippen LogP contribution is 2.35. The Morgan fingerprint density at radius 2 is 2.26 bits per heavy atom. The maximum absolute atomic E-state index is 12.1. The maximum Gasteiger partial charge on any atom is 0.323 e. The number of nitrogens with zero attached hydrogens (tertiary/aromatic N) is 1. The molecule has 0 aromatic heterocycles. The predicted octanol–water partition coefficient (Wildman–Crippen LogP) is 1.09. The first-order valence-corrected chi connectivity index (χ1v) is 5.86. The van der Waals surface area contributed by atoms with Gasteiger partial charge in [-0.15, -0.1) is 0 Å². The fraction of sp³-hybridized carbons (Fsp3) is 0.308. The zero-order chi connectivity index (χ0) is 14.0. The van der Waals surface area contributed by atoms with E-state index in [1.54, 1.807) is 6.92 Å². The highest BCUT2D eigenvalue weighted by Gasteiger charge is 2.34. The van der Waals surface area contributed by atoms with Crippen LogP contribution in [0.5, 0.6) is 5.75 Å². The summed E-state index contributed by atoms with van der Waals surface area (Å²) in [5, 5.41) is 8.88. The predicted molar refractivity (Wildman–Crippen MR) is 66.5 cm³/mol. The Labute approximate surface area is 109 Å². The number of carbonyl (C=O) groups excluding carboxylic acids is 2. The minimum Gasteiger partial charge on any atom is -0.480 e. The summed E-state index contributed by atoms with van der Waals surface area (Å²) in [4.78, 5) is 34.8. The number of carboxylic acid groups (broad SMARTS) is 1. The summed E-state index contributed by atoms with van der Waals surface area (Å²) in [6.45, 7) is 1.35. The van der Waals surface area contributed by atoms with Crippen molar-refractivity contribution >= 4 is 23.9 Å². The molecule has 0 aliphatic carbocycles. The van der Waals surface area contributed by atoms with Gasteiger partial charge in [-0.2, -0.15) is 0 Å². The lowest BCUT2D eigenvalue weighted by atomic mass is 10.1. The van der Waals surface area contributed by atoms with E-state index in [9.17, 15) is 14.4 Å². The van der Waals surface area contributed by atoms with Crippen molar-refractivity contribution in [3.05, 3.63) is 23.8 Å². The van der Waals surface area contributed by atoms with Crippen LogP contribution in [0.4, 0.5) is 5.69 Å². The average molecular weight is 263 g/mol. The van der Waals surface area contributed by atoms with Crippen LogP contribution >= 0.6 is 0 Å². The summed E-state index contributed by atoms with van der Waals surface area (Å²) in [6.07, 6.45) is 0.385. The SMILES string of the molecule is CCC1Oc2cc(C=O)ccc2N(CC(=O)O)C1=O. The molecule has 1 atom stereocenters. The summed E-state index contributed by atoms with van der Waals surface area (Å²) < 4.78 is 5.50. The normalized spacial score (nSPS) is 17.6. The van der Waals surface area contributed by atoms with Gasteiger partial charge < -0.3 is 9.84 Å². The molecular formula is C13H13NO5. The van der Waals surface area contributed by atoms with E-state index in [0.717, 1.165) is 0 Å². The van der Waals surface area contributed by atoms with Crippen LogP contribution in [0.3, 0.4) is 0 Å². The topological polar surface area (TPSA) is 83.9 Å². The smallest absolute Gasteiger partial charge is 0.323 e. The number of ether oxygens (including phenoxy) is 1. The second kappa shape index (κ2) is 5.09. The van der Waals surface area contributed by atoms with Crippen molar-refractivity contribution < 1.29 is 24.2 Å². The molecule has 0 radical (unpaired) electrons. The van der Waals surface area contributed by atoms with Crippen molar-refractivity contribution in [2.75, 3.05) is 11.4 Å². The molecule has 1 unspecified atom stereocenters. The second-order valence-electron chi connectivity index (χ2n) is 4.18. The van der Waals surface area contributed by atoms with Crippen LogP contribution in [0.1, 0.15) is 23.7 Å². The number of rotatable bonds is 4. The first-order valence-electron chi connectivity index (χ1n) is 5.86. The Morgan fingerprint density at radius 1 is 1.53 bits per heavy atom. The van der Waals surface area contributed by atoms with E-state index in [2.05, 4.69) is 0 Å². The van der Waals surface area contributed by atoms with Crippen LogP contribution in [0.2, 0.25) is 0 Å². The molecule has 6 heteroatoms. The molecule has 1 heterocycles. The Kier molecular flexibility index (Phi) is 3.50. The van der Waals surface area contributed by atoms with Crippen molar-refractivity contribution in [3.63, 3.8) is 0 Å². The van der Waals surface area contributed by atoms with E-state index in [1.807, 2.05) is 0 Å². The van der Waals surface area contributed by atoms with Gasteiger partial charge in [0.25, 0.3) is 5.91 Å². The fourth-order valence-corrected chi connectivity index (χ4v) is 1.97. The fourth-order valence-electron chi connectivity index (χ4n) is 1.97. The Bertz CT molecular complexity index is 540. The number of benzene rings is 1. The number of aliphatic carboxylic acids is 1. The van der Waals surface area contributed by atoms with Gasteiger partial charge in [0, 0.05) is 5.56 Å². The van der Waals surface area contributed by atoms with Gasteiger partial charge in [-0.3, -0.25) is 19.3 Å². The van der Waals surface area contributed by atoms with Gasteiger partial charge >= 0.3 is 5.97 Å². The molecule has 0 fully saturated rings. The maximum atomic E-state index is 12.1. The monoisotopic (exact) mass is 263 g/mol. The van der Waals surface area contributed by atoms with Crippen molar-refractivity contribution in [2.24, 2.45) is 0 Å². The van der Waals surface area contributed by atoms with Crippen LogP contribution in [-0.4, -0.2) is 35.9 Å². The van der Waals surface area contributed by atoms with Crippen molar-refractivity contribution in [1.29, 1.82) is 0 Å². The molecule has 0 saturated carbocycles. The third-order valence-corrected chi connectivity index (χ3v) is 2.89. The minimum absolute atomic E-state index is 0.359. The Hall–Kier alpha value is -2.37. The molecule has 1 N–H and O–H groups in total. The molecule has 1 aromatic rings. The van der Waals surface area contributed by atoms with Gasteiger partial charge in [-0.1, -0.05) is 6.92 Å². The number of carboxylic acids is 1. The van der Waals surface area contributed by atoms with E-state index in [-0.39, 0.29) is 5.91 Å². The van der Waals surface area contributed by atoms with Crippen LogP contribution in [0.15, 0.2) is 18.2 Å². The number of anilines is 1. The molecule has 100 valence electrons. The molecule has 1 aliphatic heterocycles. The van der Waals surface area contributed by atoms with Gasteiger partial charge in [0.2, 0.25) is 0 Å². The number of fused-ring (bicyclic) bond motifs is 1. The summed E-state index contributed by atoms with van der Waals surface area (Å²) in [5.41, 5.74) is 0.793. The van der Waals surface area contributed by atoms with E-state index >= 15 is 0 Å². The molecule has 19 heavy (non-hydrogen) atoms. The number of aldehydes is 1. The van der Waals surface area contributed by atoms with Crippen LogP contribution < -0.4 is 9.64 Å². The van der Waals surface area contributed by atoms with Gasteiger partial charge in [0.15, 0.2) is 6.10 Å². The highest BCUT2D eigenvalue weighted by molar-refractivity contribution is 6.03. The van der Waals surface area contributed by atoms with E-state index < -0.39 is 18.6 Å². The van der Waals surface area contributed by atoms with Crippen LogP contribution in [0.25, 0.3) is 0 Å². The van der Waals surface area contributed by atoms with Gasteiger partial charge in [-0.25, -0.2) is 0 Å². The Morgan fingerprint density at radius 3 is 2.84 bits per heavy atom. The van der Waals surface area contributed by atoms with Crippen LogP contribution in [0, 0.1) is 0 Å². The standard InChI is InChI=1S/C13H13NO5/c1-2-10-13(18)14(6-12(16)17)9-4-3-8(7-15)5-11(9)19-10/h3-5,7,10H,2,6H2,1H3,(H,16,17). The molecule has 1 aromatic carbocycles. The average Bonchev–Trinajstić information content (AvgIpc) is 2.40. The molecule has 1 amide bonds. The molecule has 6 nitrogen and oxygen atoms in total. The first kappa shape index (κ1) is 13.1. The highest BCUT2D eigenvalue weighted by atomic mass is 16.5. The second-order valence-corrected chi connectivity index (χ2v) is 4.18. The summed E-state index contributed by atoms with van der Waals surface area (Å²) in [7, 11) is 0. The zero-order valence-electron chi connectivity index (χ0n) is 10.3. The van der Waals surface area contributed by atoms with E-state index in [1.165, 1.54) is 23.1 Å². The van der Waals surface area contributed by atoms with Crippen LogP contribution in [-0.2, 0) is 9.59 Å². The third kappa shape index (κ3) is 2.42. The van der Waals surface area contributed by atoms with Gasteiger partial charge in [0.1, 0.15) is 18.6 Å². The number of hydrogen-bond donors (Lipinski definition) is 1. The lowest BCUT2D eigenvalue weighted by Crippen LogP contribution is -2.47. The number of carbonyl (C=O) groups is 3. The number of hydrogen-bond acceptors (Lipinski definition) is 4. The molecular weight excluding hydrogens is 250 g/mol. The summed E-state index contributed by atoms with van der Waals surface area (Å²) >= 11 is 0. The Balaban J connectivity index is 2.46. The lowest BCUT2D eigenvalue weighted by Gasteiger charge is -2.33. The van der Waals surface area contributed by atoms with Crippen molar-refractivity contribution in [2.45, 2.75) is 19.4 Å². The number of amides is 1. The third-order valence-electron chi connectivity index (χ3n) is 2.89. The summed E-state index contributed by atoms with van der Waals surface area (Å²) in [6, 6.07) is 4.54. The molecule has 0 bridgehead atoms. The van der Waals surface area contributed by atoms with E-state index in [4.69, 9.17) is 9.84 Å². The van der Waals surface area contributed by atoms with Gasteiger partial charge in [-0.05, 0) is 24.6 Å². The van der Waals surface area contributed by atoms with E-state index in [0.29, 0.717) is 29.7 Å². The zero-order valence-corrected chi connectivity index (χ0v) is 10.3. The van der Waals surface area contributed by atoms with Gasteiger partial charge in [0.05, 0.1) is 5.69 Å². The molecule has 0 saturated heterocycles. The largest absolute Gasteiger partial charge is 0.480 e. The van der Waals surface area contributed by atoms with Crippen molar-refractivity contribution in [1.82, 2.24) is 0 Å². The molecule has 2 rings (SSSR count).